The van der Waals surface area contributed by atoms with Gasteiger partial charge in [-0.1, -0.05) is 56.3 Å². The van der Waals surface area contributed by atoms with Crippen LogP contribution in [0.2, 0.25) is 0 Å². The maximum Gasteiger partial charge on any atom is 0.407 e. The summed E-state index contributed by atoms with van der Waals surface area (Å²) in [5.74, 6) is -0.833. The number of nitrogens with one attached hydrogen (secondary N) is 2. The van der Waals surface area contributed by atoms with Crippen LogP contribution >= 0.6 is 0 Å². The SMILES string of the molecule is CNc1nc2ccc(S(=O)(=O)N(CC(C)C)C[C@@H](O)[C@H](Cc3ccccc3)NC(=O)O[C@H]3CO[C@H]4OC[C@H](OCc5ccc(F)cc5)[C@H]43)cc2o1. The van der Waals surface area contributed by atoms with Crippen molar-refractivity contribution in [2.24, 2.45) is 11.8 Å². The highest BCUT2D eigenvalue weighted by molar-refractivity contribution is 7.89. The van der Waals surface area contributed by atoms with E-state index in [-0.39, 0.29) is 62.0 Å². The number of carbonyl (C=O) groups excluding carboxylic acids is 1. The molecule has 0 radical (unpaired) electrons. The third kappa shape index (κ3) is 8.86. The molecule has 51 heavy (non-hydrogen) atoms. The van der Waals surface area contributed by atoms with Crippen molar-refractivity contribution in [1.29, 1.82) is 0 Å². The lowest BCUT2D eigenvalue weighted by atomic mass is 10.00. The van der Waals surface area contributed by atoms with Crippen LogP contribution in [0.15, 0.2) is 82.1 Å². The van der Waals surface area contributed by atoms with Crippen molar-refractivity contribution in [2.75, 3.05) is 38.7 Å². The number of alkyl carbamates (subject to hydrolysis) is 1. The Morgan fingerprint density at radius 1 is 1.02 bits per heavy atom. The Kier molecular flexibility index (Phi) is 11.5. The minimum absolute atomic E-state index is 0.0144. The van der Waals surface area contributed by atoms with Crippen molar-refractivity contribution in [3.8, 4) is 0 Å². The quantitative estimate of drug-likeness (QED) is 0.160. The number of anilines is 1. The van der Waals surface area contributed by atoms with E-state index in [1.807, 2.05) is 44.2 Å². The lowest BCUT2D eigenvalue weighted by molar-refractivity contribution is -0.0916. The number of aromatic nitrogens is 1. The molecular weight excluding hydrogens is 683 g/mol. The Bertz CT molecular complexity index is 1880. The van der Waals surface area contributed by atoms with Gasteiger partial charge in [-0.15, -0.1) is 0 Å². The van der Waals surface area contributed by atoms with Crippen molar-refractivity contribution in [1.82, 2.24) is 14.6 Å². The topological polar surface area (TPSA) is 162 Å². The first-order valence-corrected chi connectivity index (χ1v) is 18.3. The van der Waals surface area contributed by atoms with Gasteiger partial charge in [0.05, 0.1) is 48.9 Å². The summed E-state index contributed by atoms with van der Waals surface area (Å²) in [6.07, 6.45) is -3.71. The van der Waals surface area contributed by atoms with Crippen LogP contribution in [0.25, 0.3) is 11.1 Å². The van der Waals surface area contributed by atoms with Crippen LogP contribution in [0, 0.1) is 17.7 Å². The number of carbonyl (C=O) groups is 1. The van der Waals surface area contributed by atoms with Gasteiger partial charge in [0, 0.05) is 26.2 Å². The molecule has 2 fully saturated rings. The molecule has 13 nitrogen and oxygen atoms in total. The summed E-state index contributed by atoms with van der Waals surface area (Å²) in [5.41, 5.74) is 2.39. The number of nitrogens with zero attached hydrogens (tertiary/aromatic N) is 2. The Hall–Kier alpha value is -4.12. The molecule has 3 N–H and O–H groups in total. The van der Waals surface area contributed by atoms with Gasteiger partial charge in [0.2, 0.25) is 10.0 Å². The maximum absolute atomic E-state index is 14.0. The number of ether oxygens (including phenoxy) is 4. The average Bonchev–Trinajstić information content (AvgIpc) is 3.83. The highest BCUT2D eigenvalue weighted by atomic mass is 32.2. The molecule has 0 spiro atoms. The lowest BCUT2D eigenvalue weighted by Gasteiger charge is -2.31. The average molecular weight is 727 g/mol. The summed E-state index contributed by atoms with van der Waals surface area (Å²) in [6, 6.07) is 19.0. The first kappa shape index (κ1) is 36.7. The fourth-order valence-electron chi connectivity index (χ4n) is 6.33. The molecule has 6 atom stereocenters. The van der Waals surface area contributed by atoms with E-state index in [4.69, 9.17) is 23.4 Å². The predicted octanol–water partition coefficient (Wildman–Crippen LogP) is 4.31. The molecule has 2 aliphatic heterocycles. The van der Waals surface area contributed by atoms with Gasteiger partial charge in [0.1, 0.15) is 17.4 Å². The second-order valence-electron chi connectivity index (χ2n) is 13.2. The van der Waals surface area contributed by atoms with Crippen LogP contribution < -0.4 is 10.6 Å². The van der Waals surface area contributed by atoms with E-state index in [0.717, 1.165) is 11.1 Å². The first-order chi connectivity index (χ1) is 24.5. The van der Waals surface area contributed by atoms with Crippen LogP contribution in [-0.4, -0.2) is 92.9 Å². The molecule has 4 aromatic rings. The van der Waals surface area contributed by atoms with E-state index < -0.39 is 52.7 Å². The number of hydrogen-bond acceptors (Lipinski definition) is 11. The lowest BCUT2D eigenvalue weighted by Crippen LogP contribution is -2.52. The van der Waals surface area contributed by atoms with Crippen molar-refractivity contribution in [3.05, 3.63) is 89.7 Å². The number of fused-ring (bicyclic) bond motifs is 2. The molecule has 3 heterocycles. The number of aliphatic hydroxyl groups is 1. The van der Waals surface area contributed by atoms with Gasteiger partial charge in [0.15, 0.2) is 11.9 Å². The molecule has 0 unspecified atom stereocenters. The molecule has 0 saturated carbocycles. The van der Waals surface area contributed by atoms with Gasteiger partial charge >= 0.3 is 6.09 Å². The number of oxazole rings is 1. The molecule has 2 aliphatic rings. The summed E-state index contributed by atoms with van der Waals surface area (Å²) in [6.45, 7) is 4.08. The van der Waals surface area contributed by atoms with Crippen LogP contribution in [0.1, 0.15) is 25.0 Å². The second-order valence-corrected chi connectivity index (χ2v) is 15.1. The summed E-state index contributed by atoms with van der Waals surface area (Å²) < 4.78 is 71.6. The molecule has 15 heteroatoms. The van der Waals surface area contributed by atoms with Gasteiger partial charge in [0.25, 0.3) is 6.01 Å². The van der Waals surface area contributed by atoms with Gasteiger partial charge < -0.3 is 39.1 Å². The summed E-state index contributed by atoms with van der Waals surface area (Å²) >= 11 is 0. The monoisotopic (exact) mass is 726 g/mol. The van der Waals surface area contributed by atoms with Gasteiger partial charge in [-0.05, 0) is 47.7 Å². The van der Waals surface area contributed by atoms with Gasteiger partial charge in [-0.3, -0.25) is 0 Å². The molecule has 0 bridgehead atoms. The minimum atomic E-state index is -4.12. The fourth-order valence-corrected chi connectivity index (χ4v) is 7.96. The molecule has 3 aromatic carbocycles. The van der Waals surface area contributed by atoms with Crippen LogP contribution in [-0.2, 0) is 42.0 Å². The standard InChI is InChI=1S/C36H43FN4O9S/c1-22(2)17-41(51(44,45)26-13-14-27-30(16-26)49-35(38-3)39-27)18-29(42)28(15-23-7-5-4-6-8-23)40-36(43)50-32-21-48-34-33(32)31(20-47-34)46-19-24-9-11-25(37)12-10-24/h4-14,16,22,28-29,31-34,42H,15,17-21H2,1-3H3,(H,38,39)(H,40,43)/t28-,29+,31-,32-,33-,34+/m0/s1. The van der Waals surface area contributed by atoms with E-state index in [1.165, 1.54) is 28.6 Å². The minimum Gasteiger partial charge on any atom is -0.443 e. The van der Waals surface area contributed by atoms with Crippen molar-refractivity contribution in [2.45, 2.75) is 62.4 Å². The van der Waals surface area contributed by atoms with Crippen molar-refractivity contribution in [3.63, 3.8) is 0 Å². The normalized spacial score (nSPS) is 21.5. The zero-order valence-corrected chi connectivity index (χ0v) is 29.4. The zero-order chi connectivity index (χ0) is 36.1. The highest BCUT2D eigenvalue weighted by Gasteiger charge is 2.50. The Labute approximate surface area is 296 Å². The Morgan fingerprint density at radius 3 is 2.45 bits per heavy atom. The Balaban J connectivity index is 1.16. The van der Waals surface area contributed by atoms with E-state index in [1.54, 1.807) is 25.2 Å². The molecular formula is C36H43FN4O9S. The molecule has 274 valence electrons. The highest BCUT2D eigenvalue weighted by Crippen LogP contribution is 2.36. The van der Waals surface area contributed by atoms with Crippen LogP contribution in [0.3, 0.4) is 0 Å². The number of sulfonamides is 1. The number of rotatable bonds is 15. The second kappa shape index (κ2) is 16.0. The molecule has 0 aliphatic carbocycles. The molecule has 6 rings (SSSR count). The predicted molar refractivity (Wildman–Crippen MR) is 185 cm³/mol. The molecule has 1 aromatic heterocycles. The summed E-state index contributed by atoms with van der Waals surface area (Å²) in [4.78, 5) is 17.7. The number of amides is 1. The number of benzene rings is 3. The van der Waals surface area contributed by atoms with E-state index in [2.05, 4.69) is 15.6 Å². The fraction of sp³-hybridized carbons (Fsp3) is 0.444. The molecule has 2 saturated heterocycles. The number of aliphatic hydroxyl groups excluding tert-OH is 1. The van der Waals surface area contributed by atoms with E-state index >= 15 is 0 Å². The zero-order valence-electron chi connectivity index (χ0n) is 28.6. The Morgan fingerprint density at radius 2 is 1.75 bits per heavy atom. The summed E-state index contributed by atoms with van der Waals surface area (Å²) in [7, 11) is -2.47. The van der Waals surface area contributed by atoms with Crippen molar-refractivity contribution >= 4 is 33.2 Å². The third-order valence-corrected chi connectivity index (χ3v) is 10.7. The van der Waals surface area contributed by atoms with E-state index in [9.17, 15) is 22.7 Å². The largest absolute Gasteiger partial charge is 0.443 e. The third-order valence-electron chi connectivity index (χ3n) is 8.90. The number of hydrogen-bond donors (Lipinski definition) is 3. The molecule has 1 amide bonds. The van der Waals surface area contributed by atoms with Crippen LogP contribution in [0.4, 0.5) is 15.2 Å². The van der Waals surface area contributed by atoms with Gasteiger partial charge in [-0.2, -0.15) is 9.29 Å². The number of halogens is 1. The van der Waals surface area contributed by atoms with Crippen LogP contribution in [0.5, 0.6) is 0 Å². The maximum atomic E-state index is 14.0. The first-order valence-electron chi connectivity index (χ1n) is 16.9. The summed E-state index contributed by atoms with van der Waals surface area (Å²) in [5, 5.41) is 17.3. The smallest absolute Gasteiger partial charge is 0.407 e. The van der Waals surface area contributed by atoms with Crippen molar-refractivity contribution < 1.29 is 46.1 Å². The van der Waals surface area contributed by atoms with Gasteiger partial charge in [-0.25, -0.2) is 17.6 Å². The van der Waals surface area contributed by atoms with E-state index in [0.29, 0.717) is 11.1 Å².